The van der Waals surface area contributed by atoms with Gasteiger partial charge in [0.15, 0.2) is 0 Å². The number of carbonyl (C=O) groups is 1. The number of allylic oxidation sites excluding steroid dienone is 1. The molecule has 0 heterocycles. The van der Waals surface area contributed by atoms with Crippen LogP contribution in [0.5, 0.6) is 0 Å². The second kappa shape index (κ2) is 5.99. The summed E-state index contributed by atoms with van der Waals surface area (Å²) in [5, 5.41) is 8.67. The van der Waals surface area contributed by atoms with Crippen molar-refractivity contribution in [2.45, 2.75) is 0 Å². The highest BCUT2D eigenvalue weighted by molar-refractivity contribution is 6.48. The molecule has 0 atom stereocenters. The third-order valence-corrected chi connectivity index (χ3v) is 3.01. The largest absolute Gasteiger partial charge is 0.276 e. The van der Waals surface area contributed by atoms with Crippen LogP contribution in [0.2, 0.25) is 0 Å². The van der Waals surface area contributed by atoms with Crippen molar-refractivity contribution in [1.82, 2.24) is 0 Å². The highest BCUT2D eigenvalue weighted by Gasteiger charge is 2.15. The number of hydrogen-bond acceptors (Lipinski definition) is 2. The highest BCUT2D eigenvalue weighted by Crippen LogP contribution is 2.29. The molecule has 2 aromatic carbocycles. The van der Waals surface area contributed by atoms with Crippen molar-refractivity contribution < 1.29 is 4.79 Å². The number of carbonyl (C=O) groups excluding carboxylic acids is 1. The van der Waals surface area contributed by atoms with Gasteiger partial charge in [0, 0.05) is 5.57 Å². The minimum absolute atomic E-state index is 0.0556. The molecule has 2 nitrogen and oxygen atoms in total. The van der Waals surface area contributed by atoms with Gasteiger partial charge in [-0.1, -0.05) is 72.3 Å². The number of nitrogens with zero attached hydrogens (tertiary/aromatic N) is 1. The van der Waals surface area contributed by atoms with Gasteiger partial charge in [-0.3, -0.25) is 4.79 Å². The Bertz CT molecular complexity index is 613. The first-order valence-corrected chi connectivity index (χ1v) is 6.07. The van der Waals surface area contributed by atoms with Gasteiger partial charge in [-0.2, -0.15) is 5.26 Å². The van der Waals surface area contributed by atoms with Gasteiger partial charge in [-0.25, -0.2) is 0 Å². The van der Waals surface area contributed by atoms with Gasteiger partial charge in [0.25, 0.3) is 5.78 Å². The maximum absolute atomic E-state index is 11.5. The van der Waals surface area contributed by atoms with E-state index in [0.29, 0.717) is 5.57 Å². The van der Waals surface area contributed by atoms with Gasteiger partial charge in [-0.15, -0.1) is 0 Å². The summed E-state index contributed by atoms with van der Waals surface area (Å²) in [6, 6.07) is 20.2. The summed E-state index contributed by atoms with van der Waals surface area (Å²) in [5.41, 5.74) is 2.19. The van der Waals surface area contributed by atoms with E-state index < -0.39 is 5.78 Å². The summed E-state index contributed by atoms with van der Waals surface area (Å²) < 4.78 is 0. The Morgan fingerprint density at radius 2 is 1.32 bits per heavy atom. The molecule has 0 saturated heterocycles. The molecule has 0 radical (unpaired) electrons. The predicted octanol–water partition coefficient (Wildman–Crippen LogP) is 3.78. The minimum Gasteiger partial charge on any atom is -0.276 e. The van der Waals surface area contributed by atoms with Crippen LogP contribution in [0.3, 0.4) is 0 Å². The molecule has 92 valence electrons. The predicted molar refractivity (Wildman–Crippen MR) is 75.4 cm³/mol. The van der Waals surface area contributed by atoms with Crippen molar-refractivity contribution in [2.75, 3.05) is 0 Å². The second-order valence-electron chi connectivity index (χ2n) is 3.86. The Hall–Kier alpha value is -2.37. The molecule has 0 unspecified atom stereocenters. The molecule has 0 N–H and O–H groups in total. The molecule has 19 heavy (non-hydrogen) atoms. The van der Waals surface area contributed by atoms with Crippen LogP contribution in [0.4, 0.5) is 0 Å². The number of Topliss-reactive ketones (excluding diaryl/α,β-unsaturated/α-hetero) is 1. The lowest BCUT2D eigenvalue weighted by molar-refractivity contribution is -0.110. The molecule has 0 fully saturated rings. The Morgan fingerprint density at radius 3 is 1.68 bits per heavy atom. The number of rotatable bonds is 3. The lowest BCUT2D eigenvalue weighted by Gasteiger charge is -2.09. The molecular formula is C16H10ClNO. The number of hydrogen-bond donors (Lipinski definition) is 0. The maximum Gasteiger partial charge on any atom is 0.274 e. The summed E-state index contributed by atoms with van der Waals surface area (Å²) in [7, 11) is 0. The van der Waals surface area contributed by atoms with Crippen molar-refractivity contribution in [3.63, 3.8) is 0 Å². The first kappa shape index (κ1) is 13.1. The summed E-state index contributed by atoms with van der Waals surface area (Å²) in [5.74, 6) is -0.732. The fraction of sp³-hybridized carbons (Fsp3) is 0. The van der Waals surface area contributed by atoms with Crippen molar-refractivity contribution in [3.8, 4) is 6.07 Å². The van der Waals surface area contributed by atoms with E-state index >= 15 is 0 Å². The molecule has 3 heteroatoms. The normalized spacial score (nSPS) is 9.47. The van der Waals surface area contributed by atoms with E-state index in [1.165, 1.54) is 0 Å². The van der Waals surface area contributed by atoms with E-state index in [2.05, 4.69) is 0 Å². The van der Waals surface area contributed by atoms with Crippen LogP contribution < -0.4 is 0 Å². The molecule has 0 aromatic heterocycles. The molecule has 2 rings (SSSR count). The maximum atomic E-state index is 11.5. The fourth-order valence-corrected chi connectivity index (χ4v) is 2.05. The Kier molecular flexibility index (Phi) is 4.12. The Labute approximate surface area is 116 Å². The van der Waals surface area contributed by atoms with E-state index in [1.54, 1.807) is 6.07 Å². The van der Waals surface area contributed by atoms with Crippen molar-refractivity contribution >= 4 is 23.0 Å². The smallest absolute Gasteiger partial charge is 0.274 e. The molecule has 0 bridgehead atoms. The number of ketones is 1. The van der Waals surface area contributed by atoms with Gasteiger partial charge in [0.2, 0.25) is 0 Å². The monoisotopic (exact) mass is 267 g/mol. The van der Waals surface area contributed by atoms with Gasteiger partial charge >= 0.3 is 0 Å². The molecule has 2 aromatic rings. The lowest BCUT2D eigenvalue weighted by atomic mass is 9.96. The molecule has 0 aliphatic carbocycles. The van der Waals surface area contributed by atoms with Crippen LogP contribution >= 0.6 is 11.6 Å². The first-order chi connectivity index (χ1) is 9.24. The summed E-state index contributed by atoms with van der Waals surface area (Å²) >= 11 is 6.07. The zero-order valence-corrected chi connectivity index (χ0v) is 10.8. The highest BCUT2D eigenvalue weighted by atomic mass is 35.5. The van der Waals surface area contributed by atoms with Crippen LogP contribution in [0, 0.1) is 11.3 Å². The molecule has 0 spiro atoms. The summed E-state index contributed by atoms with van der Waals surface area (Å²) in [6.07, 6.45) is 0. The molecule has 0 aliphatic rings. The number of halogens is 1. The fourth-order valence-electron chi connectivity index (χ4n) is 1.79. The molecule has 0 saturated carbocycles. The van der Waals surface area contributed by atoms with Gasteiger partial charge in [0.05, 0.1) is 0 Å². The van der Waals surface area contributed by atoms with Crippen LogP contribution in [0.15, 0.2) is 65.7 Å². The zero-order chi connectivity index (χ0) is 13.7. The van der Waals surface area contributed by atoms with E-state index in [9.17, 15) is 4.79 Å². The van der Waals surface area contributed by atoms with E-state index in [0.717, 1.165) is 11.1 Å². The minimum atomic E-state index is -0.732. The first-order valence-electron chi connectivity index (χ1n) is 5.69. The average molecular weight is 268 g/mol. The second-order valence-corrected chi connectivity index (χ2v) is 4.24. The Morgan fingerprint density at radius 1 is 0.895 bits per heavy atom. The van der Waals surface area contributed by atoms with E-state index in [4.69, 9.17) is 16.9 Å². The summed E-state index contributed by atoms with van der Waals surface area (Å²) in [4.78, 5) is 11.5. The van der Waals surface area contributed by atoms with Crippen molar-refractivity contribution in [1.29, 1.82) is 5.26 Å². The van der Waals surface area contributed by atoms with E-state index in [-0.39, 0.29) is 5.03 Å². The number of benzene rings is 2. The lowest BCUT2D eigenvalue weighted by Crippen LogP contribution is -1.99. The van der Waals surface area contributed by atoms with Crippen LogP contribution in [-0.4, -0.2) is 5.78 Å². The molecule has 0 amide bonds. The Balaban J connectivity index is 2.66. The quantitative estimate of drug-likeness (QED) is 0.627. The van der Waals surface area contributed by atoms with Crippen LogP contribution in [-0.2, 0) is 4.79 Å². The summed E-state index contributed by atoms with van der Waals surface area (Å²) in [6.45, 7) is 0. The third kappa shape index (κ3) is 2.90. The molecular weight excluding hydrogens is 258 g/mol. The zero-order valence-electron chi connectivity index (χ0n) is 10.0. The standard InChI is InChI=1S/C16H10ClNO/c17-16(14(19)11-18)15(12-7-3-1-4-8-12)13-9-5-2-6-10-13/h1-10H. The number of nitriles is 1. The van der Waals surface area contributed by atoms with Crippen molar-refractivity contribution in [2.24, 2.45) is 0 Å². The van der Waals surface area contributed by atoms with Crippen LogP contribution in [0.1, 0.15) is 11.1 Å². The third-order valence-electron chi connectivity index (χ3n) is 2.65. The average Bonchev–Trinajstić information content (AvgIpc) is 2.49. The van der Waals surface area contributed by atoms with Gasteiger partial charge in [0.1, 0.15) is 11.1 Å². The topological polar surface area (TPSA) is 40.9 Å². The van der Waals surface area contributed by atoms with E-state index in [1.807, 2.05) is 60.7 Å². The van der Waals surface area contributed by atoms with Crippen molar-refractivity contribution in [3.05, 3.63) is 76.8 Å². The molecule has 0 aliphatic heterocycles. The SMILES string of the molecule is N#CC(=O)C(Cl)=C(c1ccccc1)c1ccccc1. The van der Waals surface area contributed by atoms with Crippen LogP contribution in [0.25, 0.3) is 5.57 Å². The van der Waals surface area contributed by atoms with Gasteiger partial charge in [-0.05, 0) is 11.1 Å². The van der Waals surface area contributed by atoms with Gasteiger partial charge < -0.3 is 0 Å².